The fraction of sp³-hybridized carbons (Fsp3) is 0.565. The Balaban J connectivity index is 1.69. The predicted octanol–water partition coefficient (Wildman–Crippen LogP) is 6.78. The van der Waals surface area contributed by atoms with Crippen molar-refractivity contribution >= 4 is 17.1 Å². The van der Waals surface area contributed by atoms with Gasteiger partial charge in [0, 0.05) is 6.92 Å². The summed E-state index contributed by atoms with van der Waals surface area (Å²) in [6.45, 7) is 3.97. The van der Waals surface area contributed by atoms with Crippen LogP contribution in [-0.2, 0) is 4.79 Å². The van der Waals surface area contributed by atoms with E-state index in [1.54, 1.807) is 6.92 Å². The molecule has 1 heterocycles. The van der Waals surface area contributed by atoms with E-state index in [1.807, 2.05) is 18.2 Å². The average Bonchev–Trinajstić information content (AvgIpc) is 3.01. The van der Waals surface area contributed by atoms with Gasteiger partial charge in [0.25, 0.3) is 0 Å². The smallest absolute Gasteiger partial charge is 0.310 e. The number of fused-ring (bicyclic) bond motifs is 1. The van der Waals surface area contributed by atoms with Crippen molar-refractivity contribution in [2.45, 2.75) is 84.0 Å². The van der Waals surface area contributed by atoms with Gasteiger partial charge in [0.1, 0.15) is 5.52 Å². The number of aromatic nitrogens is 1. The number of allylic oxidation sites excluding steroid dienone is 2. The molecule has 2 aromatic rings. The van der Waals surface area contributed by atoms with Gasteiger partial charge in [-0.2, -0.15) is 0 Å². The first kappa shape index (κ1) is 21.2. The molecule has 1 aromatic carbocycles. The monoisotopic (exact) mass is 371 g/mol. The maximum atomic E-state index is 11.7. The molecule has 1 N–H and O–H groups in total. The van der Waals surface area contributed by atoms with Crippen molar-refractivity contribution in [2.24, 2.45) is 0 Å². The molecule has 4 heteroatoms. The number of aryl methyl sites for hydroxylation is 1. The van der Waals surface area contributed by atoms with Gasteiger partial charge in [-0.25, -0.2) is 4.98 Å². The third-order valence-electron chi connectivity index (χ3n) is 4.98. The number of benzene rings is 1. The van der Waals surface area contributed by atoms with Gasteiger partial charge in [-0.1, -0.05) is 63.7 Å². The van der Waals surface area contributed by atoms with Gasteiger partial charge in [-0.05, 0) is 43.4 Å². The first-order valence-electron chi connectivity index (χ1n) is 10.4. The first-order valence-corrected chi connectivity index (χ1v) is 10.4. The molecular weight excluding hydrogens is 338 g/mol. The molecule has 0 bridgehead atoms. The minimum atomic E-state index is -0.755. The summed E-state index contributed by atoms with van der Waals surface area (Å²) < 4.78 is 5.47. The number of carboxylic acid groups (broad SMARTS) is 1. The van der Waals surface area contributed by atoms with E-state index in [2.05, 4.69) is 24.1 Å². The average molecular weight is 372 g/mol. The number of rotatable bonds is 13. The number of carboxylic acids is 1. The molecule has 0 saturated heterocycles. The highest BCUT2D eigenvalue weighted by atomic mass is 16.4. The second-order valence-electron chi connectivity index (χ2n) is 7.28. The fourth-order valence-electron chi connectivity index (χ4n) is 3.49. The van der Waals surface area contributed by atoms with Crippen LogP contribution in [0.2, 0.25) is 0 Å². The number of oxazole rings is 1. The third kappa shape index (κ3) is 7.20. The minimum absolute atomic E-state index is 0.461. The standard InChI is InChI=1S/C23H33NO3/c1-3-4-5-6-7-8-9-10-11-12-13-14-20(23(25)26)19-15-16-22-21(17-19)24-18(2)27-22/h4-5,15-17,20H,3,6-14H2,1-2H3,(H,25,26). The number of hydrogen-bond donors (Lipinski definition) is 1. The number of hydrogen-bond acceptors (Lipinski definition) is 3. The van der Waals surface area contributed by atoms with Crippen LogP contribution in [0.1, 0.15) is 88.5 Å². The summed E-state index contributed by atoms with van der Waals surface area (Å²) in [6.07, 6.45) is 15.9. The molecule has 1 unspecified atom stereocenters. The molecule has 27 heavy (non-hydrogen) atoms. The van der Waals surface area contributed by atoms with Crippen molar-refractivity contribution in [3.05, 3.63) is 41.8 Å². The van der Waals surface area contributed by atoms with Crippen LogP contribution >= 0.6 is 0 Å². The SMILES string of the molecule is CCC=CCCCCCCCCCC(C(=O)O)c1ccc2oc(C)nc2c1. The van der Waals surface area contributed by atoms with E-state index in [0.717, 1.165) is 30.3 Å². The van der Waals surface area contributed by atoms with Gasteiger partial charge in [0.2, 0.25) is 0 Å². The topological polar surface area (TPSA) is 63.3 Å². The van der Waals surface area contributed by atoms with Crippen LogP contribution in [0.15, 0.2) is 34.8 Å². The van der Waals surface area contributed by atoms with E-state index in [1.165, 1.54) is 38.5 Å². The van der Waals surface area contributed by atoms with E-state index >= 15 is 0 Å². The van der Waals surface area contributed by atoms with Gasteiger partial charge >= 0.3 is 5.97 Å². The van der Waals surface area contributed by atoms with Crippen LogP contribution in [0.25, 0.3) is 11.1 Å². The highest BCUT2D eigenvalue weighted by molar-refractivity contribution is 5.80. The van der Waals surface area contributed by atoms with Crippen molar-refractivity contribution in [3.8, 4) is 0 Å². The zero-order valence-electron chi connectivity index (χ0n) is 16.7. The van der Waals surface area contributed by atoms with E-state index in [-0.39, 0.29) is 0 Å². The highest BCUT2D eigenvalue weighted by Crippen LogP contribution is 2.27. The Morgan fingerprint density at radius 3 is 2.52 bits per heavy atom. The molecule has 4 nitrogen and oxygen atoms in total. The largest absolute Gasteiger partial charge is 0.481 e. The molecule has 0 aliphatic heterocycles. The summed E-state index contributed by atoms with van der Waals surface area (Å²) >= 11 is 0. The minimum Gasteiger partial charge on any atom is -0.481 e. The predicted molar refractivity (Wildman–Crippen MR) is 110 cm³/mol. The quantitative estimate of drug-likeness (QED) is 0.311. The number of aliphatic carboxylic acids is 1. The maximum Gasteiger partial charge on any atom is 0.310 e. The Bertz CT molecular complexity index is 732. The summed E-state index contributed by atoms with van der Waals surface area (Å²) in [4.78, 5) is 16.0. The van der Waals surface area contributed by atoms with Crippen molar-refractivity contribution in [3.63, 3.8) is 0 Å². The molecule has 0 saturated carbocycles. The lowest BCUT2D eigenvalue weighted by molar-refractivity contribution is -0.139. The normalized spacial score (nSPS) is 12.8. The van der Waals surface area contributed by atoms with Crippen LogP contribution in [-0.4, -0.2) is 16.1 Å². The van der Waals surface area contributed by atoms with Crippen LogP contribution < -0.4 is 0 Å². The van der Waals surface area contributed by atoms with E-state index in [0.29, 0.717) is 17.9 Å². The molecule has 0 amide bonds. The summed E-state index contributed by atoms with van der Waals surface area (Å²) in [5.41, 5.74) is 2.28. The molecule has 0 radical (unpaired) electrons. The maximum absolute atomic E-state index is 11.7. The zero-order chi connectivity index (χ0) is 19.5. The number of nitrogens with zero attached hydrogens (tertiary/aromatic N) is 1. The zero-order valence-corrected chi connectivity index (χ0v) is 16.7. The van der Waals surface area contributed by atoms with Gasteiger partial charge in [-0.15, -0.1) is 0 Å². The van der Waals surface area contributed by atoms with Crippen molar-refractivity contribution in [2.75, 3.05) is 0 Å². The van der Waals surface area contributed by atoms with Crippen LogP contribution in [0.5, 0.6) is 0 Å². The van der Waals surface area contributed by atoms with E-state index in [4.69, 9.17) is 4.42 Å². The van der Waals surface area contributed by atoms with Gasteiger partial charge in [-0.3, -0.25) is 4.79 Å². The van der Waals surface area contributed by atoms with Crippen molar-refractivity contribution in [1.29, 1.82) is 0 Å². The highest BCUT2D eigenvalue weighted by Gasteiger charge is 2.20. The summed E-state index contributed by atoms with van der Waals surface area (Å²) in [6, 6.07) is 5.55. The Hall–Kier alpha value is -2.10. The molecule has 0 aliphatic rings. The number of carbonyl (C=O) groups is 1. The Labute approximate surface area is 162 Å². The van der Waals surface area contributed by atoms with Gasteiger partial charge in [0.05, 0.1) is 5.92 Å². The van der Waals surface area contributed by atoms with Crippen LogP contribution in [0.4, 0.5) is 0 Å². The van der Waals surface area contributed by atoms with E-state index < -0.39 is 11.9 Å². The Morgan fingerprint density at radius 2 is 1.81 bits per heavy atom. The molecule has 0 fully saturated rings. The summed E-state index contributed by atoms with van der Waals surface area (Å²) in [5, 5.41) is 9.62. The van der Waals surface area contributed by atoms with Gasteiger partial charge in [0.15, 0.2) is 11.5 Å². The second-order valence-corrected chi connectivity index (χ2v) is 7.28. The lowest BCUT2D eigenvalue weighted by Gasteiger charge is -2.12. The fourth-order valence-corrected chi connectivity index (χ4v) is 3.49. The third-order valence-corrected chi connectivity index (χ3v) is 4.98. The first-order chi connectivity index (χ1) is 13.1. The lowest BCUT2D eigenvalue weighted by atomic mass is 9.92. The van der Waals surface area contributed by atoms with E-state index in [9.17, 15) is 9.90 Å². The molecule has 0 spiro atoms. The second kappa shape index (κ2) is 11.6. The summed E-state index contributed by atoms with van der Waals surface area (Å²) in [7, 11) is 0. The van der Waals surface area contributed by atoms with Crippen LogP contribution in [0, 0.1) is 6.92 Å². The Morgan fingerprint density at radius 1 is 1.11 bits per heavy atom. The molecule has 2 rings (SSSR count). The molecule has 148 valence electrons. The molecule has 1 atom stereocenters. The van der Waals surface area contributed by atoms with Crippen molar-refractivity contribution in [1.82, 2.24) is 4.98 Å². The molecular formula is C23H33NO3. The Kier molecular flexibility index (Phi) is 9.09. The molecule has 1 aromatic heterocycles. The number of unbranched alkanes of at least 4 members (excludes halogenated alkanes) is 7. The lowest BCUT2D eigenvalue weighted by Crippen LogP contribution is -2.11. The van der Waals surface area contributed by atoms with Crippen molar-refractivity contribution < 1.29 is 14.3 Å². The molecule has 0 aliphatic carbocycles. The van der Waals surface area contributed by atoms with Gasteiger partial charge < -0.3 is 9.52 Å². The summed E-state index contributed by atoms with van der Waals surface area (Å²) in [5.74, 6) is -0.609. The van der Waals surface area contributed by atoms with Crippen LogP contribution in [0.3, 0.4) is 0 Å².